The first-order valence-electron chi connectivity index (χ1n) is 8.31. The quantitative estimate of drug-likeness (QED) is 0.214. The molecule has 8 heteroatoms. The minimum absolute atomic E-state index is 0. The molecule has 0 rings (SSSR count). The summed E-state index contributed by atoms with van der Waals surface area (Å²) in [6.45, 7) is 15.5. The van der Waals surface area contributed by atoms with Gasteiger partial charge in [0.1, 0.15) is 5.60 Å². The lowest BCUT2D eigenvalue weighted by Gasteiger charge is -2.19. The van der Waals surface area contributed by atoms with E-state index < -0.39 is 11.7 Å². The van der Waals surface area contributed by atoms with E-state index in [4.69, 9.17) is 9.47 Å². The van der Waals surface area contributed by atoms with Crippen molar-refractivity contribution < 1.29 is 14.3 Å². The fraction of sp³-hybridized carbons (Fsp3) is 0.875. The molecular formula is C16H35IN4O3. The number of nitrogens with one attached hydrogen (secondary N) is 3. The first-order valence-corrected chi connectivity index (χ1v) is 8.31. The van der Waals surface area contributed by atoms with E-state index >= 15 is 0 Å². The summed E-state index contributed by atoms with van der Waals surface area (Å²) in [5, 5.41) is 8.99. The van der Waals surface area contributed by atoms with Gasteiger partial charge in [-0.05, 0) is 33.6 Å². The van der Waals surface area contributed by atoms with Crippen LogP contribution in [0.2, 0.25) is 0 Å². The van der Waals surface area contributed by atoms with Gasteiger partial charge >= 0.3 is 6.09 Å². The smallest absolute Gasteiger partial charge is 0.407 e. The van der Waals surface area contributed by atoms with Gasteiger partial charge in [0.25, 0.3) is 0 Å². The number of hydrogen-bond donors (Lipinski definition) is 3. The molecule has 0 bridgehead atoms. The Hall–Kier alpha value is -0.770. The molecule has 0 fully saturated rings. The Morgan fingerprint density at radius 3 is 2.29 bits per heavy atom. The number of halogens is 1. The van der Waals surface area contributed by atoms with Crippen molar-refractivity contribution in [3.63, 3.8) is 0 Å². The Balaban J connectivity index is 0. The molecule has 0 unspecified atom stereocenters. The molecule has 0 aromatic rings. The Morgan fingerprint density at radius 1 is 1.12 bits per heavy atom. The maximum Gasteiger partial charge on any atom is 0.407 e. The summed E-state index contributed by atoms with van der Waals surface area (Å²) in [7, 11) is 0. The van der Waals surface area contributed by atoms with Crippen LogP contribution in [-0.2, 0) is 9.47 Å². The second kappa shape index (κ2) is 14.6. The van der Waals surface area contributed by atoms with Gasteiger partial charge < -0.3 is 25.4 Å². The number of ether oxygens (including phenoxy) is 2. The third-order valence-electron chi connectivity index (χ3n) is 2.39. The fourth-order valence-corrected chi connectivity index (χ4v) is 1.54. The van der Waals surface area contributed by atoms with E-state index in [2.05, 4.69) is 34.8 Å². The molecule has 0 aliphatic heterocycles. The van der Waals surface area contributed by atoms with Crippen molar-refractivity contribution in [2.24, 2.45) is 10.9 Å². The minimum Gasteiger partial charge on any atom is -0.444 e. The molecule has 0 aromatic heterocycles. The third kappa shape index (κ3) is 17.6. The van der Waals surface area contributed by atoms with Crippen LogP contribution in [0.15, 0.2) is 4.99 Å². The van der Waals surface area contributed by atoms with Gasteiger partial charge in [-0.15, -0.1) is 24.0 Å². The molecule has 24 heavy (non-hydrogen) atoms. The van der Waals surface area contributed by atoms with Crippen LogP contribution in [0.4, 0.5) is 4.79 Å². The number of hydrogen-bond acceptors (Lipinski definition) is 4. The zero-order valence-electron chi connectivity index (χ0n) is 15.9. The van der Waals surface area contributed by atoms with E-state index in [1.807, 2.05) is 27.7 Å². The molecule has 0 atom stereocenters. The number of carbonyl (C=O) groups is 1. The van der Waals surface area contributed by atoms with E-state index in [1.54, 1.807) is 0 Å². The lowest BCUT2D eigenvalue weighted by Crippen LogP contribution is -2.42. The van der Waals surface area contributed by atoms with Crippen molar-refractivity contribution in [2.75, 3.05) is 39.4 Å². The van der Waals surface area contributed by atoms with E-state index in [9.17, 15) is 4.79 Å². The van der Waals surface area contributed by atoms with Crippen molar-refractivity contribution in [2.45, 2.75) is 47.1 Å². The topological polar surface area (TPSA) is 84.0 Å². The van der Waals surface area contributed by atoms with Crippen LogP contribution in [0.5, 0.6) is 0 Å². The molecule has 0 radical (unpaired) electrons. The van der Waals surface area contributed by atoms with Gasteiger partial charge in [-0.25, -0.2) is 4.79 Å². The van der Waals surface area contributed by atoms with Gasteiger partial charge in [0.2, 0.25) is 0 Å². The zero-order valence-corrected chi connectivity index (χ0v) is 18.2. The number of guanidine groups is 1. The van der Waals surface area contributed by atoms with Crippen molar-refractivity contribution >= 4 is 36.0 Å². The second-order valence-corrected chi connectivity index (χ2v) is 6.58. The minimum atomic E-state index is -0.482. The molecule has 0 aromatic carbocycles. The first kappa shape index (κ1) is 25.5. The molecule has 1 amide bonds. The van der Waals surface area contributed by atoms with E-state index in [-0.39, 0.29) is 24.0 Å². The molecule has 0 spiro atoms. The fourth-order valence-electron chi connectivity index (χ4n) is 1.54. The highest BCUT2D eigenvalue weighted by molar-refractivity contribution is 14.0. The molecule has 0 aliphatic rings. The molecule has 0 aliphatic carbocycles. The van der Waals surface area contributed by atoms with E-state index in [0.717, 1.165) is 13.2 Å². The average molecular weight is 458 g/mol. The molecule has 3 N–H and O–H groups in total. The van der Waals surface area contributed by atoms with Crippen LogP contribution >= 0.6 is 24.0 Å². The predicted octanol–water partition coefficient (Wildman–Crippen LogP) is 2.36. The van der Waals surface area contributed by atoms with Crippen LogP contribution in [-0.4, -0.2) is 57.0 Å². The first-order chi connectivity index (χ1) is 10.7. The van der Waals surface area contributed by atoms with Gasteiger partial charge in [0.15, 0.2) is 5.96 Å². The molecule has 0 saturated carbocycles. The van der Waals surface area contributed by atoms with E-state index in [1.165, 1.54) is 0 Å². The Bertz CT molecular complexity index is 358. The Morgan fingerprint density at radius 2 is 1.75 bits per heavy atom. The largest absolute Gasteiger partial charge is 0.444 e. The molecular weight excluding hydrogens is 423 g/mol. The summed E-state index contributed by atoms with van der Waals surface area (Å²) in [4.78, 5) is 15.9. The summed E-state index contributed by atoms with van der Waals surface area (Å²) >= 11 is 0. The highest BCUT2D eigenvalue weighted by Crippen LogP contribution is 2.05. The summed E-state index contributed by atoms with van der Waals surface area (Å²) < 4.78 is 10.7. The van der Waals surface area contributed by atoms with Crippen LogP contribution < -0.4 is 16.0 Å². The summed E-state index contributed by atoms with van der Waals surface area (Å²) in [5.41, 5.74) is -0.482. The van der Waals surface area contributed by atoms with Crippen molar-refractivity contribution in [1.29, 1.82) is 0 Å². The van der Waals surface area contributed by atoms with Crippen molar-refractivity contribution in [1.82, 2.24) is 16.0 Å². The Labute approximate surface area is 163 Å². The average Bonchev–Trinajstić information content (AvgIpc) is 2.40. The normalized spacial score (nSPS) is 11.7. The van der Waals surface area contributed by atoms with Gasteiger partial charge in [-0.3, -0.25) is 4.99 Å². The lowest BCUT2D eigenvalue weighted by atomic mass is 10.2. The van der Waals surface area contributed by atoms with Crippen LogP contribution in [0.25, 0.3) is 0 Å². The summed E-state index contributed by atoms with van der Waals surface area (Å²) in [6, 6.07) is 0. The van der Waals surface area contributed by atoms with Crippen molar-refractivity contribution in [3.05, 3.63) is 0 Å². The van der Waals surface area contributed by atoms with Gasteiger partial charge in [-0.2, -0.15) is 0 Å². The van der Waals surface area contributed by atoms with Gasteiger partial charge in [-0.1, -0.05) is 13.8 Å². The standard InChI is InChI=1S/C16H34N4O3.HI/c1-7-17-14(19-10-11-22-12-13(2)3)18-8-9-20-15(21)23-16(4,5)6;/h13H,7-12H2,1-6H3,(H,20,21)(H2,17,18,19);1H. The Kier molecular flexibility index (Phi) is 15.5. The molecule has 0 saturated heterocycles. The SMILES string of the molecule is CCNC(=NCCOCC(C)C)NCCNC(=O)OC(C)(C)C.I. The lowest BCUT2D eigenvalue weighted by molar-refractivity contribution is 0.0529. The monoisotopic (exact) mass is 458 g/mol. The van der Waals surface area contributed by atoms with Gasteiger partial charge in [0.05, 0.1) is 13.2 Å². The van der Waals surface area contributed by atoms with Crippen LogP contribution in [0.1, 0.15) is 41.5 Å². The number of rotatable bonds is 9. The van der Waals surface area contributed by atoms with Crippen LogP contribution in [0.3, 0.4) is 0 Å². The van der Waals surface area contributed by atoms with Gasteiger partial charge in [0, 0.05) is 26.2 Å². The number of nitrogens with zero attached hydrogens (tertiary/aromatic N) is 1. The zero-order chi connectivity index (χ0) is 17.7. The summed E-state index contributed by atoms with van der Waals surface area (Å²) in [5.74, 6) is 1.25. The van der Waals surface area contributed by atoms with Crippen LogP contribution in [0, 0.1) is 5.92 Å². The number of amides is 1. The van der Waals surface area contributed by atoms with E-state index in [0.29, 0.717) is 38.1 Å². The number of carbonyl (C=O) groups excluding carboxylic acids is 1. The molecule has 0 heterocycles. The maximum absolute atomic E-state index is 11.5. The number of alkyl carbamates (subject to hydrolysis) is 1. The molecule has 144 valence electrons. The highest BCUT2D eigenvalue weighted by Gasteiger charge is 2.15. The third-order valence-corrected chi connectivity index (χ3v) is 2.39. The second-order valence-electron chi connectivity index (χ2n) is 6.58. The molecule has 7 nitrogen and oxygen atoms in total. The number of aliphatic imine (C=N–C) groups is 1. The maximum atomic E-state index is 11.5. The predicted molar refractivity (Wildman–Crippen MR) is 109 cm³/mol. The highest BCUT2D eigenvalue weighted by atomic mass is 127. The van der Waals surface area contributed by atoms with Crippen molar-refractivity contribution in [3.8, 4) is 0 Å². The summed E-state index contributed by atoms with van der Waals surface area (Å²) in [6.07, 6.45) is -0.414.